The maximum atomic E-state index is 5.17. The van der Waals surface area contributed by atoms with Gasteiger partial charge in [0.05, 0.1) is 11.6 Å². The summed E-state index contributed by atoms with van der Waals surface area (Å²) in [5.74, 6) is 6.34. The maximum absolute atomic E-state index is 5.17. The van der Waals surface area contributed by atoms with Crippen molar-refractivity contribution < 1.29 is 0 Å². The Kier molecular flexibility index (Phi) is 5.37. The second-order valence-electron chi connectivity index (χ2n) is 0.645. The Bertz CT molecular complexity index is 61.4. The molecule has 0 nitrogen and oxygen atoms in total. The highest BCUT2D eigenvalue weighted by Crippen LogP contribution is 1.69. The zero-order valence-corrected chi connectivity index (χ0v) is 4.89. The summed E-state index contributed by atoms with van der Waals surface area (Å²) in [6.07, 6.45) is 0. The topological polar surface area (TPSA) is 0 Å². The van der Waals surface area contributed by atoms with Gasteiger partial charge in [-0.2, -0.15) is 12.6 Å². The quantitative estimate of drug-likeness (QED) is 0.277. The molecule has 6 heavy (non-hydrogen) atoms. The Labute approximate surface area is 48.3 Å². The summed E-state index contributed by atoms with van der Waals surface area (Å²) < 4.78 is 0. The summed E-state index contributed by atoms with van der Waals surface area (Å²) in [4.78, 5) is 0. The molecule has 0 aliphatic heterocycles. The second kappa shape index (κ2) is 5.20. The highest BCUT2D eigenvalue weighted by Gasteiger charge is 1.58. The van der Waals surface area contributed by atoms with E-state index in [0.717, 1.165) is 0 Å². The van der Waals surface area contributed by atoms with Crippen molar-refractivity contribution in [1.82, 2.24) is 0 Å². The molecular formula is C4H5ClS. The normalized spacial score (nSPS) is 6.33. The van der Waals surface area contributed by atoms with Gasteiger partial charge in [-0.15, -0.1) is 11.6 Å². The van der Waals surface area contributed by atoms with Gasteiger partial charge in [0.1, 0.15) is 0 Å². The summed E-state index contributed by atoms with van der Waals surface area (Å²) in [7, 11) is 0. The third kappa shape index (κ3) is 4.20. The van der Waals surface area contributed by atoms with Gasteiger partial charge in [-0.25, -0.2) is 0 Å². The van der Waals surface area contributed by atoms with Crippen LogP contribution in [-0.4, -0.2) is 11.6 Å². The third-order valence-electron chi connectivity index (χ3n) is 0.271. The van der Waals surface area contributed by atoms with E-state index in [9.17, 15) is 0 Å². The van der Waals surface area contributed by atoms with Crippen LogP contribution in [0.3, 0.4) is 0 Å². The van der Waals surface area contributed by atoms with Crippen LogP contribution in [0.4, 0.5) is 0 Å². The highest BCUT2D eigenvalue weighted by molar-refractivity contribution is 7.80. The largest absolute Gasteiger partial charge is 0.166 e. The lowest BCUT2D eigenvalue weighted by atomic mass is 10.7. The predicted molar refractivity (Wildman–Crippen MR) is 32.3 cm³/mol. The Morgan fingerprint density at radius 3 is 2.33 bits per heavy atom. The Hall–Kier alpha value is 0.200. The van der Waals surface area contributed by atoms with Crippen molar-refractivity contribution in [2.24, 2.45) is 0 Å². The average molecular weight is 121 g/mol. The first-order valence-corrected chi connectivity index (χ1v) is 2.71. The number of thiol groups is 1. The number of hydrogen-bond donors (Lipinski definition) is 1. The molecule has 0 aliphatic rings. The molecule has 0 aromatic carbocycles. The first-order chi connectivity index (χ1) is 2.91. The van der Waals surface area contributed by atoms with Gasteiger partial charge in [-0.3, -0.25) is 0 Å². The minimum Gasteiger partial charge on any atom is -0.166 e. The number of alkyl halides is 1. The van der Waals surface area contributed by atoms with Crippen LogP contribution in [-0.2, 0) is 0 Å². The van der Waals surface area contributed by atoms with E-state index < -0.39 is 0 Å². The minimum atomic E-state index is 0.417. The Morgan fingerprint density at radius 1 is 1.50 bits per heavy atom. The van der Waals surface area contributed by atoms with E-state index in [1.807, 2.05) is 0 Å². The van der Waals surface area contributed by atoms with E-state index >= 15 is 0 Å². The smallest absolute Gasteiger partial charge is 0.0835 e. The molecule has 0 aromatic heterocycles. The van der Waals surface area contributed by atoms with Crippen molar-refractivity contribution in [2.75, 3.05) is 11.6 Å². The van der Waals surface area contributed by atoms with Gasteiger partial charge in [-0.05, 0) is 0 Å². The van der Waals surface area contributed by atoms with E-state index in [1.165, 1.54) is 0 Å². The van der Waals surface area contributed by atoms with Crippen LogP contribution in [0, 0.1) is 11.8 Å². The molecule has 0 amide bonds. The molecule has 0 atom stereocenters. The first-order valence-electron chi connectivity index (χ1n) is 1.54. The molecule has 0 unspecified atom stereocenters. The van der Waals surface area contributed by atoms with Gasteiger partial charge >= 0.3 is 0 Å². The zero-order valence-electron chi connectivity index (χ0n) is 3.24. The van der Waals surface area contributed by atoms with Crippen molar-refractivity contribution in [2.45, 2.75) is 0 Å². The molecule has 0 rings (SSSR count). The van der Waals surface area contributed by atoms with Gasteiger partial charge in [0.15, 0.2) is 0 Å². The molecule has 0 saturated heterocycles. The highest BCUT2D eigenvalue weighted by atomic mass is 35.5. The fourth-order valence-electron chi connectivity index (χ4n) is 0.103. The summed E-state index contributed by atoms with van der Waals surface area (Å²) >= 11 is 9.00. The molecule has 34 valence electrons. The molecule has 0 aromatic rings. The van der Waals surface area contributed by atoms with Crippen molar-refractivity contribution in [3.8, 4) is 11.8 Å². The number of rotatable bonds is 0. The van der Waals surface area contributed by atoms with Crippen molar-refractivity contribution in [1.29, 1.82) is 0 Å². The number of halogens is 1. The average Bonchev–Trinajstić information content (AvgIpc) is 1.61. The minimum absolute atomic E-state index is 0.417. The molecule has 0 spiro atoms. The van der Waals surface area contributed by atoms with E-state index in [0.29, 0.717) is 11.6 Å². The van der Waals surface area contributed by atoms with Crippen LogP contribution in [0.25, 0.3) is 0 Å². The van der Waals surface area contributed by atoms with Gasteiger partial charge < -0.3 is 0 Å². The summed E-state index contributed by atoms with van der Waals surface area (Å²) in [6.45, 7) is 0. The Balaban J connectivity index is 2.90. The van der Waals surface area contributed by atoms with Gasteiger partial charge in [0.25, 0.3) is 0 Å². The Morgan fingerprint density at radius 2 is 2.17 bits per heavy atom. The molecule has 0 heterocycles. The fraction of sp³-hybridized carbons (Fsp3) is 0.500. The van der Waals surface area contributed by atoms with Gasteiger partial charge in [-0.1, -0.05) is 11.8 Å². The van der Waals surface area contributed by atoms with E-state index in [-0.39, 0.29) is 0 Å². The SMILES string of the molecule is SCC#CCCl. The van der Waals surface area contributed by atoms with E-state index in [1.54, 1.807) is 0 Å². The molecule has 0 N–H and O–H groups in total. The van der Waals surface area contributed by atoms with E-state index in [2.05, 4.69) is 24.5 Å². The van der Waals surface area contributed by atoms with Crippen LogP contribution in [0.2, 0.25) is 0 Å². The third-order valence-corrected chi connectivity index (χ3v) is 0.563. The molecule has 2 heteroatoms. The second-order valence-corrected chi connectivity index (χ2v) is 1.23. The van der Waals surface area contributed by atoms with Crippen LogP contribution in [0.1, 0.15) is 0 Å². The maximum Gasteiger partial charge on any atom is 0.0835 e. The van der Waals surface area contributed by atoms with Crippen LogP contribution >= 0.6 is 24.2 Å². The van der Waals surface area contributed by atoms with E-state index in [4.69, 9.17) is 11.6 Å². The molecule has 0 fully saturated rings. The lowest BCUT2D eigenvalue weighted by Crippen LogP contribution is -1.61. The van der Waals surface area contributed by atoms with Crippen LogP contribution < -0.4 is 0 Å². The zero-order chi connectivity index (χ0) is 4.83. The monoisotopic (exact) mass is 120 g/mol. The predicted octanol–water partition coefficient (Wildman–Crippen LogP) is 1.16. The summed E-state index contributed by atoms with van der Waals surface area (Å²) in [5, 5.41) is 0. The molecule has 0 bridgehead atoms. The van der Waals surface area contributed by atoms with Crippen molar-refractivity contribution in [3.05, 3.63) is 0 Å². The summed E-state index contributed by atoms with van der Waals surface area (Å²) in [6, 6.07) is 0. The van der Waals surface area contributed by atoms with Crippen molar-refractivity contribution >= 4 is 24.2 Å². The van der Waals surface area contributed by atoms with Gasteiger partial charge in [0, 0.05) is 0 Å². The summed E-state index contributed by atoms with van der Waals surface area (Å²) in [5.41, 5.74) is 0. The molecular weight excluding hydrogens is 116 g/mol. The standard InChI is InChI=1S/C4H5ClS/c5-3-1-2-4-6/h6H,3-4H2. The molecule has 0 radical (unpaired) electrons. The van der Waals surface area contributed by atoms with Crippen LogP contribution in [0.15, 0.2) is 0 Å². The molecule has 0 aliphatic carbocycles. The van der Waals surface area contributed by atoms with Gasteiger partial charge in [0.2, 0.25) is 0 Å². The van der Waals surface area contributed by atoms with Crippen LogP contribution in [0.5, 0.6) is 0 Å². The fourth-order valence-corrected chi connectivity index (χ4v) is 0.309. The lowest BCUT2D eigenvalue weighted by Gasteiger charge is -1.63. The lowest BCUT2D eigenvalue weighted by molar-refractivity contribution is 1.85. The number of hydrogen-bond acceptors (Lipinski definition) is 1. The van der Waals surface area contributed by atoms with Crippen molar-refractivity contribution in [3.63, 3.8) is 0 Å². The molecule has 0 saturated carbocycles. The first kappa shape index (κ1) is 6.20.